The lowest BCUT2D eigenvalue weighted by atomic mass is 9.70. The largest absolute Gasteiger partial charge is 0.366 e. The van der Waals surface area contributed by atoms with E-state index in [2.05, 4.69) is 13.8 Å². The molecular weight excluding hydrogens is 190 g/mol. The van der Waals surface area contributed by atoms with E-state index in [-0.39, 0.29) is 22.5 Å². The lowest BCUT2D eigenvalue weighted by molar-refractivity contribution is -0.125. The van der Waals surface area contributed by atoms with E-state index < -0.39 is 5.91 Å². The summed E-state index contributed by atoms with van der Waals surface area (Å²) in [4.78, 5) is 23.0. The van der Waals surface area contributed by atoms with E-state index in [1.165, 1.54) is 6.08 Å². The first-order valence-electron chi connectivity index (χ1n) is 5.36. The van der Waals surface area contributed by atoms with E-state index in [0.29, 0.717) is 5.57 Å². The molecule has 15 heavy (non-hydrogen) atoms. The van der Waals surface area contributed by atoms with Crippen LogP contribution in [0.4, 0.5) is 0 Å². The van der Waals surface area contributed by atoms with Gasteiger partial charge in [0.2, 0.25) is 5.91 Å². The number of rotatable bonds is 1. The third-order valence-electron chi connectivity index (χ3n) is 4.66. The van der Waals surface area contributed by atoms with Gasteiger partial charge in [-0.05, 0) is 24.2 Å². The molecule has 0 aromatic carbocycles. The van der Waals surface area contributed by atoms with Crippen LogP contribution in [0.2, 0.25) is 0 Å². The van der Waals surface area contributed by atoms with Crippen LogP contribution in [-0.4, -0.2) is 11.7 Å². The molecular formula is C12H17NO2. The average Bonchev–Trinajstić information content (AvgIpc) is 2.40. The van der Waals surface area contributed by atoms with Gasteiger partial charge in [-0.15, -0.1) is 0 Å². The monoisotopic (exact) mass is 207 g/mol. The van der Waals surface area contributed by atoms with Gasteiger partial charge in [0.05, 0.1) is 0 Å². The number of ketones is 1. The quantitative estimate of drug-likeness (QED) is 0.661. The van der Waals surface area contributed by atoms with E-state index in [4.69, 9.17) is 5.73 Å². The van der Waals surface area contributed by atoms with Gasteiger partial charge < -0.3 is 5.73 Å². The highest BCUT2D eigenvalue weighted by atomic mass is 16.1. The number of carbonyl (C=O) groups excluding carboxylic acids is 2. The maximum Gasteiger partial charge on any atom is 0.241 e. The van der Waals surface area contributed by atoms with Gasteiger partial charge in [0.15, 0.2) is 5.78 Å². The van der Waals surface area contributed by atoms with Crippen LogP contribution in [0.5, 0.6) is 0 Å². The number of fused-ring (bicyclic) bond motifs is 2. The Hall–Kier alpha value is -1.12. The number of Topliss-reactive ketones (excluding diaryl/α,β-unsaturated/α-hetero) is 1. The molecule has 2 N–H and O–H groups in total. The van der Waals surface area contributed by atoms with Crippen molar-refractivity contribution < 1.29 is 9.59 Å². The van der Waals surface area contributed by atoms with Crippen LogP contribution in [0.25, 0.3) is 0 Å². The van der Waals surface area contributed by atoms with Gasteiger partial charge in [-0.25, -0.2) is 0 Å². The first kappa shape index (κ1) is 10.4. The summed E-state index contributed by atoms with van der Waals surface area (Å²) in [6, 6.07) is 0. The van der Waals surface area contributed by atoms with Gasteiger partial charge in [-0.1, -0.05) is 20.8 Å². The smallest absolute Gasteiger partial charge is 0.241 e. The van der Waals surface area contributed by atoms with Crippen LogP contribution in [0, 0.1) is 16.7 Å². The molecule has 82 valence electrons. The van der Waals surface area contributed by atoms with Crippen LogP contribution in [0.15, 0.2) is 11.6 Å². The summed E-state index contributed by atoms with van der Waals surface area (Å²) in [5.74, 6) is -0.171. The van der Waals surface area contributed by atoms with E-state index in [1.54, 1.807) is 0 Å². The second kappa shape index (κ2) is 2.71. The van der Waals surface area contributed by atoms with E-state index >= 15 is 0 Å². The summed E-state index contributed by atoms with van der Waals surface area (Å²) in [5, 5.41) is 0. The summed E-state index contributed by atoms with van der Waals surface area (Å²) in [7, 11) is 0. The van der Waals surface area contributed by atoms with E-state index in [1.807, 2.05) is 6.92 Å². The predicted octanol–water partition coefficient (Wildman–Crippen LogP) is 1.42. The molecule has 2 bridgehead atoms. The molecule has 0 aromatic rings. The Labute approximate surface area is 89.7 Å². The normalized spacial score (nSPS) is 40.1. The highest BCUT2D eigenvalue weighted by Gasteiger charge is 2.63. The number of hydrogen-bond donors (Lipinski definition) is 1. The number of hydrogen-bond acceptors (Lipinski definition) is 2. The zero-order valence-electron chi connectivity index (χ0n) is 9.46. The van der Waals surface area contributed by atoms with Gasteiger partial charge in [0, 0.05) is 17.1 Å². The lowest BCUT2D eigenvalue weighted by Crippen LogP contribution is -2.32. The summed E-state index contributed by atoms with van der Waals surface area (Å²) in [6.07, 6.45) is 3.26. The van der Waals surface area contributed by atoms with Crippen LogP contribution in [0.1, 0.15) is 33.6 Å². The van der Waals surface area contributed by atoms with Crippen LogP contribution in [0.3, 0.4) is 0 Å². The highest BCUT2D eigenvalue weighted by molar-refractivity contribution is 6.08. The topological polar surface area (TPSA) is 60.2 Å². The minimum atomic E-state index is -0.509. The van der Waals surface area contributed by atoms with E-state index in [0.717, 1.165) is 12.8 Å². The number of allylic oxidation sites excluding steroid dienone is 1. The maximum absolute atomic E-state index is 12.2. The van der Waals surface area contributed by atoms with Crippen molar-refractivity contribution in [3.8, 4) is 0 Å². The summed E-state index contributed by atoms with van der Waals surface area (Å²) in [6.45, 7) is 6.24. The lowest BCUT2D eigenvalue weighted by Gasteiger charge is -2.31. The second-order valence-corrected chi connectivity index (χ2v) is 5.48. The van der Waals surface area contributed by atoms with Gasteiger partial charge in [0.25, 0.3) is 0 Å². The van der Waals surface area contributed by atoms with Crippen molar-refractivity contribution >= 4 is 11.7 Å². The molecule has 1 amide bonds. The van der Waals surface area contributed by atoms with Gasteiger partial charge in [-0.3, -0.25) is 9.59 Å². The molecule has 3 heteroatoms. The van der Waals surface area contributed by atoms with E-state index in [9.17, 15) is 9.59 Å². The Bertz CT molecular complexity index is 381. The molecule has 0 aromatic heterocycles. The van der Waals surface area contributed by atoms with Gasteiger partial charge >= 0.3 is 0 Å². The summed E-state index contributed by atoms with van der Waals surface area (Å²) >= 11 is 0. The van der Waals surface area contributed by atoms with Crippen molar-refractivity contribution in [1.82, 2.24) is 0 Å². The molecule has 0 spiro atoms. The van der Waals surface area contributed by atoms with Crippen LogP contribution >= 0.6 is 0 Å². The van der Waals surface area contributed by atoms with Crippen LogP contribution in [-0.2, 0) is 9.59 Å². The summed E-state index contributed by atoms with van der Waals surface area (Å²) < 4.78 is 0. The Morgan fingerprint density at radius 3 is 2.47 bits per heavy atom. The fourth-order valence-corrected chi connectivity index (χ4v) is 3.25. The molecule has 2 atom stereocenters. The molecule has 0 aliphatic heterocycles. The molecule has 3 nitrogen and oxygen atoms in total. The van der Waals surface area contributed by atoms with Crippen molar-refractivity contribution in [2.45, 2.75) is 33.6 Å². The molecule has 0 radical (unpaired) electrons. The fraction of sp³-hybridized carbons (Fsp3) is 0.667. The minimum absolute atomic E-state index is 0.0363. The predicted molar refractivity (Wildman–Crippen MR) is 56.9 cm³/mol. The zero-order valence-corrected chi connectivity index (χ0v) is 9.46. The second-order valence-electron chi connectivity index (χ2n) is 5.48. The molecule has 2 rings (SSSR count). The first-order chi connectivity index (χ1) is 6.80. The molecule has 0 unspecified atom stereocenters. The third-order valence-corrected chi connectivity index (χ3v) is 4.66. The average molecular weight is 207 g/mol. The molecule has 2 saturated carbocycles. The molecule has 0 saturated heterocycles. The minimum Gasteiger partial charge on any atom is -0.366 e. The molecule has 2 aliphatic carbocycles. The van der Waals surface area contributed by atoms with Crippen molar-refractivity contribution in [1.29, 1.82) is 0 Å². The van der Waals surface area contributed by atoms with Crippen molar-refractivity contribution in [3.05, 3.63) is 11.6 Å². The Kier molecular flexibility index (Phi) is 1.88. The van der Waals surface area contributed by atoms with Crippen LogP contribution < -0.4 is 5.73 Å². The van der Waals surface area contributed by atoms with Gasteiger partial charge in [-0.2, -0.15) is 0 Å². The third kappa shape index (κ3) is 1.06. The fourth-order valence-electron chi connectivity index (χ4n) is 3.25. The molecule has 2 fully saturated rings. The SMILES string of the molecule is CC1(C)[C@@H]2CC[C@]1(C)C(=O)/C2=C/C(N)=O. The van der Waals surface area contributed by atoms with Crippen molar-refractivity contribution in [2.75, 3.05) is 0 Å². The highest BCUT2D eigenvalue weighted by Crippen LogP contribution is 2.65. The van der Waals surface area contributed by atoms with Crippen molar-refractivity contribution in [3.63, 3.8) is 0 Å². The number of carbonyl (C=O) groups is 2. The molecule has 0 heterocycles. The summed E-state index contributed by atoms with van der Waals surface area (Å²) in [5.41, 5.74) is 5.46. The van der Waals surface area contributed by atoms with Gasteiger partial charge in [0.1, 0.15) is 0 Å². The number of nitrogens with two attached hydrogens (primary N) is 1. The Balaban J connectivity index is 2.52. The zero-order chi connectivity index (χ0) is 11.4. The number of amides is 1. The standard InChI is InChI=1S/C12H17NO2/c1-11(2)8-4-5-12(11,3)10(15)7(8)6-9(13)14/h6,8H,4-5H2,1-3H3,(H2,13,14)/b7-6+/t8-,12-/m1/s1. The maximum atomic E-state index is 12.2. The Morgan fingerprint density at radius 1 is 1.47 bits per heavy atom. The molecule has 2 aliphatic rings. The first-order valence-corrected chi connectivity index (χ1v) is 5.36. The van der Waals surface area contributed by atoms with Crippen molar-refractivity contribution in [2.24, 2.45) is 22.5 Å². The Morgan fingerprint density at radius 2 is 2.07 bits per heavy atom. The number of primary amides is 1.